The molecule has 2 aromatic carbocycles. The second kappa shape index (κ2) is 7.45. The van der Waals surface area contributed by atoms with Gasteiger partial charge in [-0.1, -0.05) is 41.9 Å². The molecule has 5 heteroatoms. The number of rotatable bonds is 5. The molecule has 0 radical (unpaired) electrons. The van der Waals surface area contributed by atoms with E-state index in [1.54, 1.807) is 36.4 Å². The normalized spacial score (nSPS) is 9.95. The maximum Gasteiger partial charge on any atom is 0.251 e. The van der Waals surface area contributed by atoms with Crippen LogP contribution in [-0.2, 0) is 11.3 Å². The second-order valence-corrected chi connectivity index (χ2v) is 4.89. The van der Waals surface area contributed by atoms with Crippen LogP contribution in [0.3, 0.4) is 0 Å². The standard InChI is InChI=1S/C16H15ClN2O2/c17-14-8-4-5-12(9-14)10-18-15(20)11-19-16(21)13-6-2-1-3-7-13/h1-9H,10-11H2,(H,18,20)(H,19,21). The lowest BCUT2D eigenvalue weighted by molar-refractivity contribution is -0.120. The van der Waals surface area contributed by atoms with E-state index in [4.69, 9.17) is 11.6 Å². The van der Waals surface area contributed by atoms with Gasteiger partial charge in [-0.05, 0) is 29.8 Å². The topological polar surface area (TPSA) is 58.2 Å². The summed E-state index contributed by atoms with van der Waals surface area (Å²) < 4.78 is 0. The molecule has 0 aromatic heterocycles. The second-order valence-electron chi connectivity index (χ2n) is 4.46. The Kier molecular flexibility index (Phi) is 5.35. The quantitative estimate of drug-likeness (QED) is 0.891. The Bertz CT molecular complexity index is 629. The van der Waals surface area contributed by atoms with Gasteiger partial charge in [0.2, 0.25) is 5.91 Å². The lowest BCUT2D eigenvalue weighted by Crippen LogP contribution is -2.36. The molecule has 2 rings (SSSR count). The minimum absolute atomic E-state index is 0.0612. The molecule has 2 aromatic rings. The van der Waals surface area contributed by atoms with Crippen molar-refractivity contribution in [3.8, 4) is 0 Å². The highest BCUT2D eigenvalue weighted by Gasteiger charge is 2.07. The van der Waals surface area contributed by atoms with E-state index in [1.807, 2.05) is 18.2 Å². The van der Waals surface area contributed by atoms with Crippen molar-refractivity contribution >= 4 is 23.4 Å². The van der Waals surface area contributed by atoms with Gasteiger partial charge in [-0.25, -0.2) is 0 Å². The molecule has 0 atom stereocenters. The zero-order valence-corrected chi connectivity index (χ0v) is 12.1. The maximum atomic E-state index is 11.8. The minimum atomic E-state index is -0.270. The first kappa shape index (κ1) is 15.1. The van der Waals surface area contributed by atoms with Crippen molar-refractivity contribution in [2.75, 3.05) is 6.54 Å². The first-order chi connectivity index (χ1) is 10.1. The average Bonchev–Trinajstić information content (AvgIpc) is 2.51. The Morgan fingerprint density at radius 2 is 1.71 bits per heavy atom. The van der Waals surface area contributed by atoms with Crippen molar-refractivity contribution in [3.05, 3.63) is 70.7 Å². The van der Waals surface area contributed by atoms with Gasteiger partial charge in [-0.2, -0.15) is 0 Å². The lowest BCUT2D eigenvalue weighted by atomic mass is 10.2. The summed E-state index contributed by atoms with van der Waals surface area (Å²) in [5, 5.41) is 5.91. The monoisotopic (exact) mass is 302 g/mol. The third kappa shape index (κ3) is 4.93. The number of carbonyl (C=O) groups excluding carboxylic acids is 2. The molecule has 0 unspecified atom stereocenters. The molecule has 0 aliphatic heterocycles. The average molecular weight is 303 g/mol. The molecule has 2 amide bonds. The van der Waals surface area contributed by atoms with Gasteiger partial charge in [0.1, 0.15) is 0 Å². The largest absolute Gasteiger partial charge is 0.350 e. The summed E-state index contributed by atoms with van der Waals surface area (Å²) in [5.74, 6) is -0.521. The zero-order valence-electron chi connectivity index (χ0n) is 11.3. The van der Waals surface area contributed by atoms with E-state index in [0.29, 0.717) is 17.1 Å². The Morgan fingerprint density at radius 1 is 0.952 bits per heavy atom. The number of halogens is 1. The molecule has 21 heavy (non-hydrogen) atoms. The summed E-state index contributed by atoms with van der Waals surface area (Å²) in [6, 6.07) is 16.0. The van der Waals surface area contributed by atoms with E-state index in [2.05, 4.69) is 10.6 Å². The van der Waals surface area contributed by atoms with Crippen LogP contribution in [-0.4, -0.2) is 18.4 Å². The van der Waals surface area contributed by atoms with Crippen molar-refractivity contribution < 1.29 is 9.59 Å². The highest BCUT2D eigenvalue weighted by atomic mass is 35.5. The van der Waals surface area contributed by atoms with Gasteiger partial charge in [-0.3, -0.25) is 9.59 Å². The van der Waals surface area contributed by atoms with Crippen LogP contribution in [0.1, 0.15) is 15.9 Å². The van der Waals surface area contributed by atoms with E-state index < -0.39 is 0 Å². The predicted octanol–water partition coefficient (Wildman–Crippen LogP) is 2.39. The van der Waals surface area contributed by atoms with Crippen LogP contribution in [0.25, 0.3) is 0 Å². The molecule has 0 bridgehead atoms. The van der Waals surface area contributed by atoms with Crippen molar-refractivity contribution in [1.29, 1.82) is 0 Å². The smallest absolute Gasteiger partial charge is 0.251 e. The first-order valence-electron chi connectivity index (χ1n) is 6.49. The first-order valence-corrected chi connectivity index (χ1v) is 6.87. The highest BCUT2D eigenvalue weighted by molar-refractivity contribution is 6.30. The molecule has 0 spiro atoms. The minimum Gasteiger partial charge on any atom is -0.350 e. The third-order valence-electron chi connectivity index (χ3n) is 2.82. The lowest BCUT2D eigenvalue weighted by Gasteiger charge is -2.07. The van der Waals surface area contributed by atoms with E-state index in [0.717, 1.165) is 5.56 Å². The summed E-state index contributed by atoms with van der Waals surface area (Å²) in [6.07, 6.45) is 0. The Labute approximate surface area is 128 Å². The summed E-state index contributed by atoms with van der Waals surface area (Å²) in [6.45, 7) is 0.314. The maximum absolute atomic E-state index is 11.8. The summed E-state index contributed by atoms with van der Waals surface area (Å²) in [5.41, 5.74) is 1.44. The zero-order chi connectivity index (χ0) is 15.1. The third-order valence-corrected chi connectivity index (χ3v) is 3.06. The molecule has 0 heterocycles. The summed E-state index contributed by atoms with van der Waals surface area (Å²) >= 11 is 5.86. The van der Waals surface area contributed by atoms with Crippen LogP contribution in [0, 0.1) is 0 Å². The van der Waals surface area contributed by atoms with Crippen molar-refractivity contribution in [3.63, 3.8) is 0 Å². The summed E-state index contributed by atoms with van der Waals surface area (Å²) in [7, 11) is 0. The fourth-order valence-electron chi connectivity index (χ4n) is 1.76. The number of hydrogen-bond acceptors (Lipinski definition) is 2. The fraction of sp³-hybridized carbons (Fsp3) is 0.125. The van der Waals surface area contributed by atoms with Gasteiger partial charge in [0.15, 0.2) is 0 Å². The Balaban J connectivity index is 1.76. The molecule has 0 fully saturated rings. The predicted molar refractivity (Wildman–Crippen MR) is 82.1 cm³/mol. The number of benzene rings is 2. The molecule has 0 aliphatic carbocycles. The molecule has 0 aliphatic rings. The molecule has 0 saturated carbocycles. The van der Waals surface area contributed by atoms with E-state index in [9.17, 15) is 9.59 Å². The fourth-order valence-corrected chi connectivity index (χ4v) is 1.98. The van der Waals surface area contributed by atoms with Gasteiger partial charge < -0.3 is 10.6 Å². The molecule has 4 nitrogen and oxygen atoms in total. The molecule has 2 N–H and O–H groups in total. The van der Waals surface area contributed by atoms with Crippen LogP contribution < -0.4 is 10.6 Å². The van der Waals surface area contributed by atoms with E-state index >= 15 is 0 Å². The van der Waals surface area contributed by atoms with E-state index in [-0.39, 0.29) is 18.4 Å². The number of hydrogen-bond donors (Lipinski definition) is 2. The molecule has 0 saturated heterocycles. The van der Waals surface area contributed by atoms with Crippen molar-refractivity contribution in [2.24, 2.45) is 0 Å². The Morgan fingerprint density at radius 3 is 2.43 bits per heavy atom. The van der Waals surface area contributed by atoms with E-state index in [1.165, 1.54) is 0 Å². The van der Waals surface area contributed by atoms with Gasteiger partial charge in [0, 0.05) is 17.1 Å². The van der Waals surface area contributed by atoms with Crippen LogP contribution in [0.5, 0.6) is 0 Å². The van der Waals surface area contributed by atoms with Gasteiger partial charge >= 0.3 is 0 Å². The number of amides is 2. The molecular formula is C16H15ClN2O2. The van der Waals surface area contributed by atoms with Crippen LogP contribution in [0.15, 0.2) is 54.6 Å². The number of carbonyl (C=O) groups is 2. The van der Waals surface area contributed by atoms with Crippen LogP contribution >= 0.6 is 11.6 Å². The van der Waals surface area contributed by atoms with Gasteiger partial charge in [0.05, 0.1) is 6.54 Å². The van der Waals surface area contributed by atoms with Crippen molar-refractivity contribution in [2.45, 2.75) is 6.54 Å². The summed E-state index contributed by atoms with van der Waals surface area (Å²) in [4.78, 5) is 23.4. The molecular weight excluding hydrogens is 288 g/mol. The van der Waals surface area contributed by atoms with Crippen molar-refractivity contribution in [1.82, 2.24) is 10.6 Å². The number of nitrogens with one attached hydrogen (secondary N) is 2. The SMILES string of the molecule is O=C(CNC(=O)c1ccccc1)NCc1cccc(Cl)c1. The molecule has 108 valence electrons. The van der Waals surface area contributed by atoms with Crippen LogP contribution in [0.4, 0.5) is 0 Å². The highest BCUT2D eigenvalue weighted by Crippen LogP contribution is 2.10. The van der Waals surface area contributed by atoms with Crippen LogP contribution in [0.2, 0.25) is 5.02 Å². The van der Waals surface area contributed by atoms with Gasteiger partial charge in [0.25, 0.3) is 5.91 Å². The Hall–Kier alpha value is -2.33. The van der Waals surface area contributed by atoms with Gasteiger partial charge in [-0.15, -0.1) is 0 Å².